The van der Waals surface area contributed by atoms with Crippen molar-refractivity contribution in [1.82, 2.24) is 4.90 Å². The van der Waals surface area contributed by atoms with Gasteiger partial charge in [0.05, 0.1) is 11.1 Å². The monoisotopic (exact) mass is 299 g/mol. The fourth-order valence-corrected chi connectivity index (χ4v) is 1.81. The average molecular weight is 299 g/mol. The lowest BCUT2D eigenvalue weighted by Crippen LogP contribution is -2.39. The maximum atomic E-state index is 10.5. The van der Waals surface area contributed by atoms with Crippen LogP contribution in [0.2, 0.25) is 0 Å². The molecular formula is C14H23N2O3S+. The van der Waals surface area contributed by atoms with Gasteiger partial charge in [0, 0.05) is 25.9 Å². The Hall–Kier alpha value is -1.63. The van der Waals surface area contributed by atoms with Crippen molar-refractivity contribution in [2.24, 2.45) is 0 Å². The zero-order chi connectivity index (χ0) is 15.8. The Morgan fingerprint density at radius 1 is 1.25 bits per heavy atom. The molecule has 1 aromatic rings. The highest BCUT2D eigenvalue weighted by molar-refractivity contribution is 7.85. The average Bonchev–Trinajstić information content (AvgIpc) is 2.35. The van der Waals surface area contributed by atoms with Gasteiger partial charge >= 0.3 is 0 Å². The topological polar surface area (TPSA) is 85.3 Å². The fourth-order valence-electron chi connectivity index (χ4n) is 1.33. The maximum absolute atomic E-state index is 10.5. The Morgan fingerprint density at radius 2 is 1.75 bits per heavy atom. The van der Waals surface area contributed by atoms with Crippen LogP contribution >= 0.6 is 0 Å². The molecule has 0 bridgehead atoms. The second kappa shape index (κ2) is 8.52. The molecule has 112 valence electrons. The van der Waals surface area contributed by atoms with E-state index in [9.17, 15) is 8.42 Å². The molecule has 0 aliphatic rings. The lowest BCUT2D eigenvalue weighted by Gasteiger charge is -2.11. The number of hydrogen-bond donors (Lipinski definition) is 2. The van der Waals surface area contributed by atoms with E-state index in [1.807, 2.05) is 45.0 Å². The molecule has 0 saturated carbocycles. The minimum atomic E-state index is -4.02. The molecular weight excluding hydrogens is 276 g/mol. The van der Waals surface area contributed by atoms with Gasteiger partial charge in [-0.3, -0.25) is 4.55 Å². The number of aryl methyl sites for hydroxylation is 1. The third kappa shape index (κ3) is 7.08. The predicted molar refractivity (Wildman–Crippen MR) is 80.5 cm³/mol. The van der Waals surface area contributed by atoms with Crippen LogP contribution in [0.3, 0.4) is 0 Å². The van der Waals surface area contributed by atoms with E-state index in [2.05, 4.69) is 5.73 Å². The molecule has 0 saturated heterocycles. The first-order valence-electron chi connectivity index (χ1n) is 6.06. The van der Waals surface area contributed by atoms with Crippen molar-refractivity contribution in [2.45, 2.75) is 18.7 Å². The summed E-state index contributed by atoms with van der Waals surface area (Å²) >= 11 is 0. The SMILES string of the molecule is C/C=C(\C=C/[NH3+])N(C)C.Cc1ccc(S(=O)(=O)O)cc1. The first kappa shape index (κ1) is 18.4. The number of allylic oxidation sites excluding steroid dienone is 2. The van der Waals surface area contributed by atoms with Crippen LogP contribution in [-0.2, 0) is 10.1 Å². The smallest absolute Gasteiger partial charge is 0.294 e. The molecule has 0 amide bonds. The molecule has 0 aliphatic heterocycles. The largest absolute Gasteiger partial charge is 0.378 e. The summed E-state index contributed by atoms with van der Waals surface area (Å²) in [6.45, 7) is 3.85. The van der Waals surface area contributed by atoms with Gasteiger partial charge in [-0.2, -0.15) is 8.42 Å². The van der Waals surface area contributed by atoms with E-state index >= 15 is 0 Å². The molecule has 1 aromatic carbocycles. The highest BCUT2D eigenvalue weighted by atomic mass is 32.2. The van der Waals surface area contributed by atoms with Crippen molar-refractivity contribution >= 4 is 10.1 Å². The van der Waals surface area contributed by atoms with Crippen LogP contribution in [0, 0.1) is 6.92 Å². The molecule has 5 nitrogen and oxygen atoms in total. The van der Waals surface area contributed by atoms with Gasteiger partial charge in [-0.05, 0) is 26.0 Å². The minimum Gasteiger partial charge on any atom is -0.378 e. The molecule has 6 heteroatoms. The molecule has 0 aliphatic carbocycles. The van der Waals surface area contributed by atoms with Crippen LogP contribution in [0.4, 0.5) is 0 Å². The lowest BCUT2D eigenvalue weighted by molar-refractivity contribution is -0.274. The molecule has 0 heterocycles. The van der Waals surface area contributed by atoms with Gasteiger partial charge in [0.2, 0.25) is 0 Å². The van der Waals surface area contributed by atoms with Crippen LogP contribution in [0.15, 0.2) is 53.2 Å². The van der Waals surface area contributed by atoms with E-state index < -0.39 is 10.1 Å². The van der Waals surface area contributed by atoms with Gasteiger partial charge in [0.1, 0.15) is 0 Å². The van der Waals surface area contributed by atoms with E-state index in [1.54, 1.807) is 18.3 Å². The van der Waals surface area contributed by atoms with Crippen molar-refractivity contribution in [3.63, 3.8) is 0 Å². The van der Waals surface area contributed by atoms with Crippen LogP contribution in [0.25, 0.3) is 0 Å². The summed E-state index contributed by atoms with van der Waals surface area (Å²) in [6.07, 6.45) is 5.80. The molecule has 0 spiro atoms. The van der Waals surface area contributed by atoms with Crippen molar-refractivity contribution in [3.8, 4) is 0 Å². The van der Waals surface area contributed by atoms with Crippen molar-refractivity contribution < 1.29 is 18.7 Å². The van der Waals surface area contributed by atoms with E-state index in [0.29, 0.717) is 0 Å². The van der Waals surface area contributed by atoms with Crippen LogP contribution in [-0.4, -0.2) is 32.0 Å². The van der Waals surface area contributed by atoms with E-state index in [4.69, 9.17) is 4.55 Å². The summed E-state index contributed by atoms with van der Waals surface area (Å²) < 4.78 is 29.6. The van der Waals surface area contributed by atoms with E-state index in [0.717, 1.165) is 5.56 Å². The number of quaternary nitrogens is 1. The molecule has 0 radical (unpaired) electrons. The Balaban J connectivity index is 0.000000370. The zero-order valence-electron chi connectivity index (χ0n) is 12.4. The Morgan fingerprint density at radius 3 is 2.00 bits per heavy atom. The highest BCUT2D eigenvalue weighted by Crippen LogP contribution is 2.08. The van der Waals surface area contributed by atoms with Gasteiger partial charge in [0.15, 0.2) is 0 Å². The van der Waals surface area contributed by atoms with E-state index in [-0.39, 0.29) is 4.90 Å². The number of nitrogens with zero attached hydrogens (tertiary/aromatic N) is 1. The zero-order valence-corrected chi connectivity index (χ0v) is 13.2. The second-order valence-corrected chi connectivity index (χ2v) is 5.72. The van der Waals surface area contributed by atoms with Crippen LogP contribution in [0.5, 0.6) is 0 Å². The summed E-state index contributed by atoms with van der Waals surface area (Å²) in [5, 5.41) is 0. The summed E-state index contributed by atoms with van der Waals surface area (Å²) in [5.74, 6) is 0. The molecule has 0 aromatic heterocycles. The number of likely N-dealkylation sites (N-methyl/N-ethyl adjacent to an activating group) is 1. The maximum Gasteiger partial charge on any atom is 0.294 e. The Bertz CT molecular complexity index is 559. The van der Waals surface area contributed by atoms with Crippen LogP contribution < -0.4 is 5.73 Å². The fraction of sp³-hybridized carbons (Fsp3) is 0.286. The molecule has 0 atom stereocenters. The minimum absolute atomic E-state index is 0.0666. The molecule has 20 heavy (non-hydrogen) atoms. The standard InChI is InChI=1S/C7H14N2.C7H8O3S/c1-4-7(5-6-8)9(2)3;1-6-2-4-7(5-3-6)11(8,9)10/h4-6H,8H2,1-3H3;2-5H,1H3,(H,8,9,10)/p+1/b6-5-,7-4+;. The van der Waals surface area contributed by atoms with Gasteiger partial charge in [-0.15, -0.1) is 0 Å². The van der Waals surface area contributed by atoms with Gasteiger partial charge < -0.3 is 10.6 Å². The summed E-state index contributed by atoms with van der Waals surface area (Å²) in [6, 6.07) is 5.99. The highest BCUT2D eigenvalue weighted by Gasteiger charge is 2.06. The third-order valence-electron chi connectivity index (χ3n) is 2.42. The van der Waals surface area contributed by atoms with Crippen LogP contribution in [0.1, 0.15) is 12.5 Å². The molecule has 1 rings (SSSR count). The summed E-state index contributed by atoms with van der Waals surface area (Å²) in [5.41, 5.74) is 5.75. The Labute approximate surface area is 121 Å². The van der Waals surface area contributed by atoms with Gasteiger partial charge in [0.25, 0.3) is 10.1 Å². The van der Waals surface area contributed by atoms with Gasteiger partial charge in [-0.1, -0.05) is 23.8 Å². The third-order valence-corrected chi connectivity index (χ3v) is 3.29. The summed E-state index contributed by atoms with van der Waals surface area (Å²) in [4.78, 5) is 1.98. The second-order valence-electron chi connectivity index (χ2n) is 4.30. The molecule has 0 fully saturated rings. The molecule has 0 unspecified atom stereocenters. The number of rotatable bonds is 3. The van der Waals surface area contributed by atoms with Gasteiger partial charge in [-0.25, -0.2) is 0 Å². The Kier molecular flexibility index (Phi) is 7.83. The summed E-state index contributed by atoms with van der Waals surface area (Å²) in [7, 11) is -0.00106. The predicted octanol–water partition coefficient (Wildman–Crippen LogP) is 1.45. The lowest BCUT2D eigenvalue weighted by atomic mass is 10.2. The number of hydrogen-bond acceptors (Lipinski definition) is 3. The number of benzene rings is 1. The first-order valence-corrected chi connectivity index (χ1v) is 7.50. The van der Waals surface area contributed by atoms with Crippen molar-refractivity contribution in [3.05, 3.63) is 53.9 Å². The molecule has 4 N–H and O–H groups in total. The van der Waals surface area contributed by atoms with E-state index in [1.165, 1.54) is 17.8 Å². The van der Waals surface area contributed by atoms with Crippen molar-refractivity contribution in [1.29, 1.82) is 0 Å². The quantitative estimate of drug-likeness (QED) is 0.653. The normalized spacial score (nSPS) is 12.0. The van der Waals surface area contributed by atoms with Crippen molar-refractivity contribution in [2.75, 3.05) is 14.1 Å². The first-order chi connectivity index (χ1) is 9.22.